The normalized spacial score (nSPS) is 16.3. The number of ketones is 4. The van der Waals surface area contributed by atoms with Crippen molar-refractivity contribution in [3.05, 3.63) is 96.6 Å². The Labute approximate surface area is 240 Å². The summed E-state index contributed by atoms with van der Waals surface area (Å²) in [5, 5.41) is 0.465. The summed E-state index contributed by atoms with van der Waals surface area (Å²) in [7, 11) is 0. The number of hydrogen-bond acceptors (Lipinski definition) is 9. The molecule has 7 nitrogen and oxygen atoms in total. The molecular formula is C29H12F4N2O5S2. The topological polar surface area (TPSA) is 103 Å². The molecule has 0 bridgehead atoms. The van der Waals surface area contributed by atoms with Crippen molar-refractivity contribution < 1.29 is 41.5 Å². The van der Waals surface area contributed by atoms with Gasteiger partial charge in [-0.3, -0.25) is 19.2 Å². The second-order valence-corrected chi connectivity index (χ2v) is 12.1. The summed E-state index contributed by atoms with van der Waals surface area (Å²) in [4.78, 5) is 61.4. The number of carbonyl (C=O) groups excluding carboxylic acids is 4. The zero-order chi connectivity index (χ0) is 29.8. The molecule has 0 atom stereocenters. The highest BCUT2D eigenvalue weighted by Crippen LogP contribution is 2.51. The number of benzene rings is 2. The van der Waals surface area contributed by atoms with Gasteiger partial charge in [0.05, 0.1) is 16.0 Å². The second kappa shape index (κ2) is 8.69. The van der Waals surface area contributed by atoms with Gasteiger partial charge >= 0.3 is 0 Å². The first-order chi connectivity index (χ1) is 19.8. The maximum Gasteiger partial charge on any atom is 0.235 e. The smallest absolute Gasteiger partial charge is 0.235 e. The van der Waals surface area contributed by atoms with Crippen LogP contribution in [0.2, 0.25) is 0 Å². The van der Waals surface area contributed by atoms with Crippen LogP contribution < -0.4 is 4.74 Å². The number of fused-ring (bicyclic) bond motifs is 5. The van der Waals surface area contributed by atoms with Gasteiger partial charge < -0.3 is 4.74 Å². The van der Waals surface area contributed by atoms with Crippen LogP contribution in [-0.2, 0) is 5.60 Å². The molecule has 42 heavy (non-hydrogen) atoms. The monoisotopic (exact) mass is 608 g/mol. The Morgan fingerprint density at radius 1 is 0.643 bits per heavy atom. The van der Waals surface area contributed by atoms with Crippen LogP contribution in [0.1, 0.15) is 71.0 Å². The summed E-state index contributed by atoms with van der Waals surface area (Å²) in [6.45, 7) is 3.44. The fraction of sp³-hybridized carbons (Fsp3) is 0.103. The summed E-state index contributed by atoms with van der Waals surface area (Å²) < 4.78 is 60.9. The average molecular weight is 609 g/mol. The van der Waals surface area contributed by atoms with Crippen molar-refractivity contribution >= 4 is 58.0 Å². The quantitative estimate of drug-likeness (QED) is 0.148. The Bertz CT molecular complexity index is 1990. The number of Topliss-reactive ketones (excluding diaryl/α,β-unsaturated/α-hetero) is 4. The van der Waals surface area contributed by atoms with E-state index in [4.69, 9.17) is 4.74 Å². The van der Waals surface area contributed by atoms with Crippen LogP contribution in [-0.4, -0.2) is 33.1 Å². The molecule has 2 aliphatic carbocycles. The Morgan fingerprint density at radius 3 is 1.45 bits per heavy atom. The van der Waals surface area contributed by atoms with Crippen LogP contribution in [0.15, 0.2) is 35.4 Å². The summed E-state index contributed by atoms with van der Waals surface area (Å²) in [6.07, 6.45) is 2.49. The van der Waals surface area contributed by atoms with Gasteiger partial charge in [0.15, 0.2) is 46.4 Å². The summed E-state index contributed by atoms with van der Waals surface area (Å²) in [5.41, 5.74) is -2.10. The van der Waals surface area contributed by atoms with E-state index in [0.29, 0.717) is 39.7 Å². The SMILES string of the molecule is CC1(C)Oc2nc(C=C3C(=O)c4cc(F)c(F)cc4C3=O)sc2-c2sc(C=C3C(=O)c4cc(F)c(F)cc4C3=O)nc21. The highest BCUT2D eigenvalue weighted by Gasteiger charge is 2.41. The van der Waals surface area contributed by atoms with E-state index in [9.17, 15) is 36.7 Å². The molecule has 0 spiro atoms. The molecule has 2 aromatic carbocycles. The van der Waals surface area contributed by atoms with E-state index in [-0.39, 0.29) is 49.3 Å². The standard InChI is InChI=1S/C29H12F4N2O5S2/c1-29(2)27-25(41-19(34-27)7-13-21(36)9-3-15(30)16(31)4-10(9)22(13)37)26-28(40-29)35-20(42-26)8-14-23(38)11-5-17(32)18(33)6-12(11)24(14)39/h3-8H,1-2H3. The molecule has 4 aromatic rings. The molecule has 0 saturated heterocycles. The Kier molecular flexibility index (Phi) is 5.44. The lowest BCUT2D eigenvalue weighted by Gasteiger charge is -2.28. The van der Waals surface area contributed by atoms with Crippen molar-refractivity contribution in [2.75, 3.05) is 0 Å². The Hall–Kier alpha value is -4.62. The minimum absolute atomic E-state index is 0.186. The second-order valence-electron chi connectivity index (χ2n) is 10.1. The van der Waals surface area contributed by atoms with Gasteiger partial charge in [0.2, 0.25) is 5.88 Å². The van der Waals surface area contributed by atoms with E-state index >= 15 is 0 Å². The third-order valence-corrected chi connectivity index (χ3v) is 9.15. The van der Waals surface area contributed by atoms with Gasteiger partial charge in [-0.05, 0) is 50.3 Å². The molecule has 1 aliphatic heterocycles. The molecule has 0 N–H and O–H groups in total. The predicted molar refractivity (Wildman–Crippen MR) is 143 cm³/mol. The largest absolute Gasteiger partial charge is 0.464 e. The van der Waals surface area contributed by atoms with Crippen molar-refractivity contribution in [2.24, 2.45) is 0 Å². The number of allylic oxidation sites excluding steroid dienone is 2. The zero-order valence-corrected chi connectivity index (χ0v) is 22.9. The van der Waals surface area contributed by atoms with E-state index < -0.39 is 52.0 Å². The number of rotatable bonds is 2. The van der Waals surface area contributed by atoms with Crippen LogP contribution in [0.5, 0.6) is 5.88 Å². The van der Waals surface area contributed by atoms with Crippen molar-refractivity contribution in [1.29, 1.82) is 0 Å². The van der Waals surface area contributed by atoms with E-state index in [1.807, 2.05) is 0 Å². The lowest BCUT2D eigenvalue weighted by molar-refractivity contribution is 0.0957. The minimum atomic E-state index is -1.25. The third kappa shape index (κ3) is 3.70. The van der Waals surface area contributed by atoms with Gasteiger partial charge in [-0.2, -0.15) is 0 Å². The number of halogens is 4. The van der Waals surface area contributed by atoms with E-state index in [2.05, 4.69) is 9.97 Å². The van der Waals surface area contributed by atoms with Crippen LogP contribution >= 0.6 is 22.7 Å². The maximum atomic E-state index is 13.7. The molecule has 3 heterocycles. The summed E-state index contributed by atoms with van der Waals surface area (Å²) in [6, 6.07) is 2.77. The summed E-state index contributed by atoms with van der Waals surface area (Å²) in [5.74, 6) is -7.82. The lowest BCUT2D eigenvalue weighted by atomic mass is 10.0. The molecule has 2 aromatic heterocycles. The van der Waals surface area contributed by atoms with Crippen LogP contribution in [0.3, 0.4) is 0 Å². The number of aromatic nitrogens is 2. The van der Waals surface area contributed by atoms with Crippen LogP contribution in [0.4, 0.5) is 17.6 Å². The maximum absolute atomic E-state index is 13.7. The van der Waals surface area contributed by atoms with Gasteiger partial charge in [0.25, 0.3) is 0 Å². The molecule has 3 aliphatic rings. The average Bonchev–Trinajstić information content (AvgIpc) is 3.64. The first-order valence-electron chi connectivity index (χ1n) is 12.2. The molecule has 0 fully saturated rings. The number of hydrogen-bond donors (Lipinski definition) is 0. The van der Waals surface area contributed by atoms with Gasteiger partial charge in [-0.1, -0.05) is 0 Å². The predicted octanol–water partition coefficient (Wildman–Crippen LogP) is 6.38. The number of ether oxygens (including phenoxy) is 1. The fourth-order valence-electron chi connectivity index (χ4n) is 4.99. The molecule has 13 heteroatoms. The molecule has 0 amide bonds. The molecule has 0 saturated carbocycles. The van der Waals surface area contributed by atoms with E-state index in [1.54, 1.807) is 13.8 Å². The molecule has 7 rings (SSSR count). The summed E-state index contributed by atoms with van der Waals surface area (Å²) >= 11 is 2.19. The third-order valence-electron chi connectivity index (χ3n) is 7.00. The van der Waals surface area contributed by atoms with Crippen molar-refractivity contribution in [1.82, 2.24) is 9.97 Å². The molecular weight excluding hydrogens is 596 g/mol. The van der Waals surface area contributed by atoms with Crippen LogP contribution in [0.25, 0.3) is 21.9 Å². The van der Waals surface area contributed by atoms with Crippen molar-refractivity contribution in [3.8, 4) is 15.6 Å². The minimum Gasteiger partial charge on any atom is -0.464 e. The van der Waals surface area contributed by atoms with Gasteiger partial charge in [-0.25, -0.2) is 27.5 Å². The first kappa shape index (κ1) is 26.3. The van der Waals surface area contributed by atoms with Gasteiger partial charge in [-0.15, -0.1) is 22.7 Å². The fourth-order valence-corrected chi connectivity index (χ4v) is 7.21. The molecule has 208 valence electrons. The van der Waals surface area contributed by atoms with Crippen molar-refractivity contribution in [2.45, 2.75) is 19.4 Å². The number of thiazole rings is 2. The molecule has 0 unspecified atom stereocenters. The number of carbonyl (C=O) groups is 4. The first-order valence-corrected chi connectivity index (χ1v) is 13.8. The Balaban J connectivity index is 1.27. The van der Waals surface area contributed by atoms with Crippen LogP contribution in [0, 0.1) is 23.3 Å². The van der Waals surface area contributed by atoms with Gasteiger partial charge in [0, 0.05) is 22.3 Å². The highest BCUT2D eigenvalue weighted by molar-refractivity contribution is 7.23. The number of nitrogens with zero attached hydrogens (tertiary/aromatic N) is 2. The van der Waals surface area contributed by atoms with E-state index in [1.165, 1.54) is 12.2 Å². The molecule has 0 radical (unpaired) electrons. The Morgan fingerprint density at radius 2 is 1.02 bits per heavy atom. The van der Waals surface area contributed by atoms with Crippen molar-refractivity contribution in [3.63, 3.8) is 0 Å². The lowest BCUT2D eigenvalue weighted by Crippen LogP contribution is -2.29. The highest BCUT2D eigenvalue weighted by atomic mass is 32.1. The van der Waals surface area contributed by atoms with E-state index in [0.717, 1.165) is 22.7 Å². The van der Waals surface area contributed by atoms with Gasteiger partial charge in [0.1, 0.15) is 26.2 Å². The zero-order valence-electron chi connectivity index (χ0n) is 21.2.